The van der Waals surface area contributed by atoms with Crippen molar-refractivity contribution >= 4 is 29.4 Å². The Kier molecular flexibility index (Phi) is 13.1. The lowest BCUT2D eigenvalue weighted by atomic mass is 9.55. The molecule has 2 N–H and O–H groups in total. The van der Waals surface area contributed by atoms with Crippen molar-refractivity contribution in [3.63, 3.8) is 0 Å². The minimum atomic E-state index is -1.10. The van der Waals surface area contributed by atoms with Crippen molar-refractivity contribution in [1.82, 2.24) is 5.32 Å². The molecule has 0 radical (unpaired) electrons. The third-order valence-corrected chi connectivity index (χ3v) is 8.93. The Labute approximate surface area is 253 Å². The zero-order valence-electron chi connectivity index (χ0n) is 27.4. The maximum atomic E-state index is 13.8. The van der Waals surface area contributed by atoms with Gasteiger partial charge in [-0.05, 0) is 76.5 Å². The molecule has 1 aliphatic carbocycles. The number of amides is 2. The molecule has 3 unspecified atom stereocenters. The van der Waals surface area contributed by atoms with Crippen LogP contribution in [0.15, 0.2) is 18.2 Å². The van der Waals surface area contributed by atoms with Gasteiger partial charge in [0.1, 0.15) is 0 Å². The van der Waals surface area contributed by atoms with Crippen LogP contribution in [0.25, 0.3) is 0 Å². The molecule has 8 nitrogen and oxygen atoms in total. The predicted molar refractivity (Wildman–Crippen MR) is 166 cm³/mol. The number of unbranched alkanes of at least 4 members (excludes halogenated alkanes) is 2. The minimum absolute atomic E-state index is 0.0345. The Bertz CT molecular complexity index is 1070. The van der Waals surface area contributed by atoms with Gasteiger partial charge in [0.05, 0.1) is 36.9 Å². The number of aryl methyl sites for hydroxylation is 1. The lowest BCUT2D eigenvalue weighted by Crippen LogP contribution is -2.64. The van der Waals surface area contributed by atoms with E-state index in [1.807, 2.05) is 32.9 Å². The summed E-state index contributed by atoms with van der Waals surface area (Å²) in [5.41, 5.74) is 2.21. The van der Waals surface area contributed by atoms with E-state index in [0.717, 1.165) is 50.5 Å². The Balaban J connectivity index is 2.41. The molecule has 0 aliphatic heterocycles. The van der Waals surface area contributed by atoms with E-state index in [9.17, 15) is 19.2 Å². The summed E-state index contributed by atoms with van der Waals surface area (Å²) in [6.45, 7) is 18.0. The molecule has 1 aromatic rings. The van der Waals surface area contributed by atoms with E-state index in [1.165, 1.54) is 5.56 Å². The number of anilines is 1. The van der Waals surface area contributed by atoms with Gasteiger partial charge in [-0.1, -0.05) is 65.5 Å². The normalized spacial score (nSPS) is 21.5. The largest absolute Gasteiger partial charge is 0.466 e. The Morgan fingerprint density at radius 2 is 1.29 bits per heavy atom. The van der Waals surface area contributed by atoms with E-state index >= 15 is 0 Å². The van der Waals surface area contributed by atoms with Crippen LogP contribution in [0.1, 0.15) is 111 Å². The number of benzene rings is 1. The fourth-order valence-corrected chi connectivity index (χ4v) is 6.05. The molecule has 2 rings (SSSR count). The summed E-state index contributed by atoms with van der Waals surface area (Å²) >= 11 is 0. The molecule has 1 fully saturated rings. The van der Waals surface area contributed by atoms with Gasteiger partial charge in [0, 0.05) is 11.2 Å². The van der Waals surface area contributed by atoms with Crippen LogP contribution in [0.3, 0.4) is 0 Å². The highest BCUT2D eigenvalue weighted by molar-refractivity contribution is 6.04. The minimum Gasteiger partial charge on any atom is -0.466 e. The highest BCUT2D eigenvalue weighted by atomic mass is 16.5. The predicted octanol–water partition coefficient (Wildman–Crippen LogP) is 6.48. The van der Waals surface area contributed by atoms with Gasteiger partial charge in [0.25, 0.3) is 0 Å². The molecular weight excluding hydrogens is 532 g/mol. The first kappa shape index (κ1) is 35.3. The molecule has 0 spiro atoms. The molecular formula is C34H54N2O6. The van der Waals surface area contributed by atoms with E-state index in [4.69, 9.17) is 9.47 Å². The summed E-state index contributed by atoms with van der Waals surface area (Å²) in [6.07, 6.45) is 6.97. The van der Waals surface area contributed by atoms with Crippen LogP contribution in [-0.2, 0) is 34.1 Å². The first-order valence-corrected chi connectivity index (χ1v) is 15.9. The van der Waals surface area contributed by atoms with Crippen molar-refractivity contribution in [1.29, 1.82) is 0 Å². The molecule has 2 amide bonds. The van der Waals surface area contributed by atoms with Crippen LogP contribution >= 0.6 is 0 Å². The molecule has 1 aliphatic rings. The fraction of sp³-hybridized carbons (Fsp3) is 0.706. The second-order valence-electron chi connectivity index (χ2n) is 12.6. The van der Waals surface area contributed by atoms with Gasteiger partial charge in [0.2, 0.25) is 11.8 Å². The SMILES string of the molecule is CCCCC(C)(C)NC(=O)C1C(C(=O)OCC)C(C(=O)Nc2ccc(C(C)(CC)CCCC)cc2C)C1C(=O)OCC. The summed E-state index contributed by atoms with van der Waals surface area (Å²) in [4.78, 5) is 53.8. The number of carbonyl (C=O) groups is 4. The molecule has 0 heterocycles. The summed E-state index contributed by atoms with van der Waals surface area (Å²) in [5.74, 6) is -6.62. The van der Waals surface area contributed by atoms with Gasteiger partial charge in [-0.3, -0.25) is 19.2 Å². The molecule has 42 heavy (non-hydrogen) atoms. The summed E-state index contributed by atoms with van der Waals surface area (Å²) in [7, 11) is 0. The number of hydrogen-bond acceptors (Lipinski definition) is 6. The van der Waals surface area contributed by atoms with Crippen molar-refractivity contribution in [2.45, 2.75) is 118 Å². The topological polar surface area (TPSA) is 111 Å². The number of ether oxygens (including phenoxy) is 2. The fourth-order valence-electron chi connectivity index (χ4n) is 6.05. The van der Waals surface area contributed by atoms with Crippen molar-refractivity contribution in [3.8, 4) is 0 Å². The first-order chi connectivity index (χ1) is 19.8. The second-order valence-corrected chi connectivity index (χ2v) is 12.6. The Morgan fingerprint density at radius 1 is 0.762 bits per heavy atom. The average molecular weight is 587 g/mol. The van der Waals surface area contributed by atoms with Crippen LogP contribution in [-0.4, -0.2) is 42.5 Å². The number of esters is 2. The average Bonchev–Trinajstić information content (AvgIpc) is 2.91. The van der Waals surface area contributed by atoms with Gasteiger partial charge in [-0.25, -0.2) is 0 Å². The van der Waals surface area contributed by atoms with Crippen LogP contribution in [0.2, 0.25) is 0 Å². The maximum Gasteiger partial charge on any atom is 0.310 e. The number of rotatable bonds is 16. The molecule has 0 saturated heterocycles. The van der Waals surface area contributed by atoms with Crippen molar-refractivity contribution in [3.05, 3.63) is 29.3 Å². The summed E-state index contributed by atoms with van der Waals surface area (Å²) in [6, 6.07) is 6.04. The van der Waals surface area contributed by atoms with Gasteiger partial charge in [0.15, 0.2) is 0 Å². The molecule has 3 atom stereocenters. The third kappa shape index (κ3) is 8.35. The zero-order chi connectivity index (χ0) is 31.7. The Hall–Kier alpha value is -2.90. The highest BCUT2D eigenvalue weighted by Gasteiger charge is 2.64. The lowest BCUT2D eigenvalue weighted by molar-refractivity contribution is -0.185. The lowest BCUT2D eigenvalue weighted by Gasteiger charge is -2.47. The summed E-state index contributed by atoms with van der Waals surface area (Å²) in [5, 5.41) is 5.97. The van der Waals surface area contributed by atoms with Gasteiger partial charge < -0.3 is 20.1 Å². The van der Waals surface area contributed by atoms with Gasteiger partial charge in [-0.15, -0.1) is 0 Å². The monoisotopic (exact) mass is 586 g/mol. The molecule has 236 valence electrons. The van der Waals surface area contributed by atoms with Crippen LogP contribution in [0.5, 0.6) is 0 Å². The van der Waals surface area contributed by atoms with E-state index in [0.29, 0.717) is 5.69 Å². The molecule has 8 heteroatoms. The van der Waals surface area contributed by atoms with Gasteiger partial charge in [-0.2, -0.15) is 0 Å². The molecule has 0 bridgehead atoms. The number of hydrogen-bond donors (Lipinski definition) is 2. The second kappa shape index (κ2) is 15.5. The van der Waals surface area contributed by atoms with E-state index < -0.39 is 53.0 Å². The number of carbonyl (C=O) groups excluding carboxylic acids is 4. The van der Waals surface area contributed by atoms with E-state index in [1.54, 1.807) is 13.8 Å². The van der Waals surface area contributed by atoms with Crippen LogP contribution in [0.4, 0.5) is 5.69 Å². The smallest absolute Gasteiger partial charge is 0.310 e. The standard InChI is InChI=1S/C34H54N2O6/c1-10-15-19-33(7,8)36-30(38)26-27(31(39)41-13-4)25(28(26)32(40)42-14-5)29(37)35-24-18-17-23(21-22(24)6)34(9,12-3)20-16-11-2/h17-18,21,25-28H,10-16,19-20H2,1-9H3,(H,35,37)(H,36,38). The Morgan fingerprint density at radius 3 is 1.76 bits per heavy atom. The molecule has 1 saturated carbocycles. The van der Waals surface area contributed by atoms with Crippen molar-refractivity contribution in [2.24, 2.45) is 23.7 Å². The van der Waals surface area contributed by atoms with Crippen LogP contribution < -0.4 is 10.6 Å². The zero-order valence-corrected chi connectivity index (χ0v) is 27.4. The van der Waals surface area contributed by atoms with E-state index in [2.05, 4.69) is 44.4 Å². The summed E-state index contributed by atoms with van der Waals surface area (Å²) < 4.78 is 10.6. The maximum absolute atomic E-state index is 13.8. The van der Waals surface area contributed by atoms with Crippen molar-refractivity contribution in [2.75, 3.05) is 18.5 Å². The molecule has 0 aromatic heterocycles. The quantitative estimate of drug-likeness (QED) is 0.215. The van der Waals surface area contributed by atoms with Crippen LogP contribution in [0, 0.1) is 30.6 Å². The van der Waals surface area contributed by atoms with Crippen molar-refractivity contribution < 1.29 is 28.7 Å². The van der Waals surface area contributed by atoms with E-state index in [-0.39, 0.29) is 18.6 Å². The van der Waals surface area contributed by atoms with Gasteiger partial charge >= 0.3 is 11.9 Å². The number of nitrogens with one attached hydrogen (secondary N) is 2. The first-order valence-electron chi connectivity index (χ1n) is 15.9. The highest BCUT2D eigenvalue weighted by Crippen LogP contribution is 2.49. The third-order valence-electron chi connectivity index (χ3n) is 8.93. The molecule has 1 aromatic carbocycles.